The van der Waals surface area contributed by atoms with Gasteiger partial charge in [-0.2, -0.15) is 5.26 Å². The molecule has 0 N–H and O–H groups in total. The van der Waals surface area contributed by atoms with Crippen molar-refractivity contribution < 1.29 is 14.1 Å². The average molecular weight is 179 g/mol. The number of carbonyl (C=O) groups excluding carboxylic acids is 1. The molecule has 1 rings (SSSR count). The number of allylic oxidation sites excluding steroid dienone is 1. The van der Waals surface area contributed by atoms with Crippen LogP contribution >= 0.6 is 0 Å². The van der Waals surface area contributed by atoms with Gasteiger partial charge in [-0.15, -0.1) is 0 Å². The van der Waals surface area contributed by atoms with Crippen LogP contribution in [0.1, 0.15) is 12.8 Å². The number of methoxy groups -OCH3 is 1. The van der Waals surface area contributed by atoms with Crippen LogP contribution in [0.5, 0.6) is 0 Å². The van der Waals surface area contributed by atoms with Gasteiger partial charge >= 0.3 is 5.97 Å². The van der Waals surface area contributed by atoms with Crippen molar-refractivity contribution in [3.8, 4) is 6.07 Å². The number of carbonyl (C=O) groups is 1. The highest BCUT2D eigenvalue weighted by atomic mass is 16.5. The van der Waals surface area contributed by atoms with Gasteiger partial charge in [0.2, 0.25) is 11.3 Å². The molecule has 0 atom stereocenters. The Morgan fingerprint density at radius 1 is 1.77 bits per heavy atom. The second-order valence-electron chi connectivity index (χ2n) is 2.76. The first kappa shape index (κ1) is 9.46. The molecule has 0 saturated carbocycles. The Kier molecular flexibility index (Phi) is 2.80. The topological polar surface area (TPSA) is 53.1 Å². The van der Waals surface area contributed by atoms with E-state index in [1.54, 1.807) is 4.58 Å². The van der Waals surface area contributed by atoms with E-state index in [4.69, 9.17) is 5.26 Å². The van der Waals surface area contributed by atoms with Crippen molar-refractivity contribution in [3.63, 3.8) is 0 Å². The summed E-state index contributed by atoms with van der Waals surface area (Å²) in [4.78, 5) is 11.1. The molecular formula is C9H11N2O2+. The van der Waals surface area contributed by atoms with Crippen molar-refractivity contribution in [3.05, 3.63) is 11.3 Å². The highest BCUT2D eigenvalue weighted by Gasteiger charge is 2.25. The Morgan fingerprint density at radius 2 is 2.46 bits per heavy atom. The van der Waals surface area contributed by atoms with Gasteiger partial charge in [0.05, 0.1) is 7.11 Å². The van der Waals surface area contributed by atoms with E-state index in [0.717, 1.165) is 18.5 Å². The first-order valence-corrected chi connectivity index (χ1v) is 3.98. The van der Waals surface area contributed by atoms with Crippen molar-refractivity contribution in [1.29, 1.82) is 5.26 Å². The Bertz CT molecular complexity index is 334. The van der Waals surface area contributed by atoms with E-state index in [9.17, 15) is 4.79 Å². The van der Waals surface area contributed by atoms with Crippen LogP contribution in [0.25, 0.3) is 0 Å². The Labute approximate surface area is 76.7 Å². The van der Waals surface area contributed by atoms with Crippen LogP contribution in [-0.4, -0.2) is 30.9 Å². The maximum atomic E-state index is 11.1. The van der Waals surface area contributed by atoms with Crippen molar-refractivity contribution in [2.24, 2.45) is 0 Å². The smallest absolute Gasteiger partial charge is 0.355 e. The molecule has 0 saturated heterocycles. The normalized spacial score (nSPS) is 19.0. The zero-order chi connectivity index (χ0) is 9.84. The van der Waals surface area contributed by atoms with Crippen LogP contribution in [0.2, 0.25) is 0 Å². The van der Waals surface area contributed by atoms with E-state index in [1.165, 1.54) is 7.11 Å². The van der Waals surface area contributed by atoms with Gasteiger partial charge in [-0.05, 0) is 0 Å². The summed E-state index contributed by atoms with van der Waals surface area (Å²) in [5.74, 6) is -0.556. The van der Waals surface area contributed by atoms with Crippen LogP contribution in [0.3, 0.4) is 0 Å². The molecule has 0 aromatic carbocycles. The van der Waals surface area contributed by atoms with E-state index in [0.29, 0.717) is 0 Å². The fourth-order valence-corrected chi connectivity index (χ4v) is 1.31. The van der Waals surface area contributed by atoms with E-state index >= 15 is 0 Å². The molecule has 0 aromatic rings. The lowest BCUT2D eigenvalue weighted by Crippen LogP contribution is -2.10. The zero-order valence-corrected chi connectivity index (χ0v) is 7.70. The van der Waals surface area contributed by atoms with Crippen molar-refractivity contribution >= 4 is 12.2 Å². The largest absolute Gasteiger partial charge is 0.465 e. The monoisotopic (exact) mass is 179 g/mol. The molecule has 1 aliphatic heterocycles. The van der Waals surface area contributed by atoms with Crippen molar-refractivity contribution in [2.75, 3.05) is 14.2 Å². The maximum absolute atomic E-state index is 11.1. The summed E-state index contributed by atoms with van der Waals surface area (Å²) in [6.07, 6.45) is 3.54. The minimum Gasteiger partial charge on any atom is -0.465 e. The summed E-state index contributed by atoms with van der Waals surface area (Å²) in [5, 5.41) is 8.76. The second-order valence-corrected chi connectivity index (χ2v) is 2.76. The number of hydrogen-bond acceptors (Lipinski definition) is 3. The summed E-state index contributed by atoms with van der Waals surface area (Å²) in [7, 11) is 3.10. The number of esters is 1. The first-order chi connectivity index (χ1) is 6.20. The van der Waals surface area contributed by atoms with Gasteiger partial charge in [0, 0.05) is 12.8 Å². The lowest BCUT2D eigenvalue weighted by atomic mass is 10.2. The predicted molar refractivity (Wildman–Crippen MR) is 46.1 cm³/mol. The molecule has 0 aromatic heterocycles. The Morgan fingerprint density at radius 3 is 2.85 bits per heavy atom. The van der Waals surface area contributed by atoms with E-state index in [-0.39, 0.29) is 5.57 Å². The van der Waals surface area contributed by atoms with Crippen LogP contribution in [0, 0.1) is 11.3 Å². The molecule has 0 spiro atoms. The average Bonchev–Trinajstić information content (AvgIpc) is 2.53. The number of nitriles is 1. The predicted octanol–water partition coefficient (Wildman–Crippen LogP) is 0.444. The fourth-order valence-electron chi connectivity index (χ4n) is 1.31. The molecule has 4 nitrogen and oxygen atoms in total. The van der Waals surface area contributed by atoms with Crippen molar-refractivity contribution in [2.45, 2.75) is 12.8 Å². The van der Waals surface area contributed by atoms with Crippen LogP contribution in [0.4, 0.5) is 0 Å². The number of hydrogen-bond donors (Lipinski definition) is 0. The summed E-state index contributed by atoms with van der Waals surface area (Å²) < 4.78 is 6.31. The zero-order valence-electron chi connectivity index (χ0n) is 7.70. The molecule has 0 aliphatic carbocycles. The molecule has 68 valence electrons. The summed E-state index contributed by atoms with van der Waals surface area (Å²) in [6.45, 7) is 0. The molecule has 13 heavy (non-hydrogen) atoms. The van der Waals surface area contributed by atoms with Gasteiger partial charge in [-0.1, -0.05) is 0 Å². The quantitative estimate of drug-likeness (QED) is 0.254. The standard InChI is InChI=1S/C9H11N2O2/c1-11-5-3-4-8(11)7(6-10)9(12)13-2/h5H,3-4H2,1-2H3/q+1/b8-7-. The van der Waals surface area contributed by atoms with Gasteiger partial charge in [-0.25, -0.2) is 9.37 Å². The SMILES string of the molecule is COC(=O)/C(C#N)=C1/CCC=[N+]1C. The second kappa shape index (κ2) is 3.85. The highest BCUT2D eigenvalue weighted by molar-refractivity contribution is 5.93. The van der Waals surface area contributed by atoms with E-state index < -0.39 is 5.97 Å². The summed E-state index contributed by atoms with van der Waals surface area (Å²) in [6, 6.07) is 1.87. The maximum Gasteiger partial charge on any atom is 0.355 e. The lowest BCUT2D eigenvalue weighted by Gasteiger charge is -1.97. The van der Waals surface area contributed by atoms with Crippen LogP contribution in [0.15, 0.2) is 11.3 Å². The minimum absolute atomic E-state index is 0.110. The molecule has 1 aliphatic rings. The van der Waals surface area contributed by atoms with Crippen LogP contribution in [-0.2, 0) is 9.53 Å². The molecule has 4 heteroatoms. The van der Waals surface area contributed by atoms with Gasteiger partial charge in [0.25, 0.3) is 0 Å². The molecule has 0 fully saturated rings. The molecular weight excluding hydrogens is 168 g/mol. The third-order valence-corrected chi connectivity index (χ3v) is 2.00. The van der Waals surface area contributed by atoms with E-state index in [2.05, 4.69) is 4.74 Å². The molecule has 0 unspecified atom stereocenters. The number of rotatable bonds is 1. The summed E-state index contributed by atoms with van der Waals surface area (Å²) >= 11 is 0. The Hall–Kier alpha value is -1.63. The third kappa shape index (κ3) is 1.75. The number of ether oxygens (including phenoxy) is 1. The molecule has 0 bridgehead atoms. The van der Waals surface area contributed by atoms with Gasteiger partial charge in [0.15, 0.2) is 0 Å². The number of nitrogens with zero attached hydrogens (tertiary/aromatic N) is 2. The molecule has 1 heterocycles. The molecule has 0 radical (unpaired) electrons. The van der Waals surface area contributed by atoms with Gasteiger partial charge in [-0.3, -0.25) is 0 Å². The van der Waals surface area contributed by atoms with Gasteiger partial charge < -0.3 is 4.74 Å². The van der Waals surface area contributed by atoms with Crippen LogP contribution < -0.4 is 0 Å². The lowest BCUT2D eigenvalue weighted by molar-refractivity contribution is -0.434. The third-order valence-electron chi connectivity index (χ3n) is 2.00. The van der Waals surface area contributed by atoms with Gasteiger partial charge in [0.1, 0.15) is 19.3 Å². The minimum atomic E-state index is -0.556. The molecule has 0 amide bonds. The Balaban J connectivity index is 3.07. The fraction of sp³-hybridized carbons (Fsp3) is 0.444. The first-order valence-electron chi connectivity index (χ1n) is 3.98. The van der Waals surface area contributed by atoms with E-state index in [1.807, 2.05) is 19.3 Å². The van der Waals surface area contributed by atoms with Crippen molar-refractivity contribution in [1.82, 2.24) is 0 Å². The summed E-state index contributed by atoms with van der Waals surface area (Å²) in [5.41, 5.74) is 0.855. The highest BCUT2D eigenvalue weighted by Crippen LogP contribution is 2.16.